The fraction of sp³-hybridized carbons (Fsp3) is 0.400. The molecule has 22 heavy (non-hydrogen) atoms. The Hall–Kier alpha value is -2.57. The van der Waals surface area contributed by atoms with Gasteiger partial charge in [0.05, 0.1) is 17.4 Å². The SMILES string of the molecule is CC(NC(=O)OC(C)(C)C)C(=O)Nc1ccc2nc[nH]c2c1. The molecule has 0 aliphatic carbocycles. The number of aromatic amines is 1. The minimum Gasteiger partial charge on any atom is -0.444 e. The maximum Gasteiger partial charge on any atom is 0.408 e. The van der Waals surface area contributed by atoms with E-state index in [0.717, 1.165) is 11.0 Å². The summed E-state index contributed by atoms with van der Waals surface area (Å²) in [6, 6.07) is 4.61. The quantitative estimate of drug-likeness (QED) is 0.811. The molecule has 1 aromatic heterocycles. The number of aromatic nitrogens is 2. The summed E-state index contributed by atoms with van der Waals surface area (Å²) in [5.41, 5.74) is 1.66. The highest BCUT2D eigenvalue weighted by molar-refractivity contribution is 5.97. The summed E-state index contributed by atoms with van der Waals surface area (Å²) in [7, 11) is 0. The Kier molecular flexibility index (Phi) is 4.35. The van der Waals surface area contributed by atoms with Crippen LogP contribution in [0, 0.1) is 0 Å². The van der Waals surface area contributed by atoms with E-state index in [0.29, 0.717) is 5.69 Å². The van der Waals surface area contributed by atoms with Crippen molar-refractivity contribution in [3.63, 3.8) is 0 Å². The van der Waals surface area contributed by atoms with Gasteiger partial charge in [0.15, 0.2) is 0 Å². The summed E-state index contributed by atoms with van der Waals surface area (Å²) in [6.45, 7) is 6.87. The highest BCUT2D eigenvalue weighted by atomic mass is 16.6. The first kappa shape index (κ1) is 15.8. The zero-order valence-corrected chi connectivity index (χ0v) is 13.1. The van der Waals surface area contributed by atoms with Crippen molar-refractivity contribution >= 4 is 28.7 Å². The lowest BCUT2D eigenvalue weighted by atomic mass is 10.2. The fourth-order valence-corrected chi connectivity index (χ4v) is 1.81. The second kappa shape index (κ2) is 6.05. The number of nitrogens with one attached hydrogen (secondary N) is 3. The van der Waals surface area contributed by atoms with Crippen molar-refractivity contribution in [2.75, 3.05) is 5.32 Å². The number of fused-ring (bicyclic) bond motifs is 1. The van der Waals surface area contributed by atoms with E-state index in [9.17, 15) is 9.59 Å². The van der Waals surface area contributed by atoms with Gasteiger partial charge >= 0.3 is 6.09 Å². The third kappa shape index (κ3) is 4.21. The Labute approximate surface area is 128 Å². The molecule has 1 aromatic carbocycles. The van der Waals surface area contributed by atoms with E-state index in [1.165, 1.54) is 0 Å². The smallest absolute Gasteiger partial charge is 0.408 e. The molecular formula is C15H20N4O3. The molecule has 0 fully saturated rings. The standard InChI is InChI=1S/C15H20N4O3/c1-9(18-14(21)22-15(2,3)4)13(20)19-10-5-6-11-12(7-10)17-8-16-11/h5-9H,1-4H3,(H,16,17)(H,18,21)(H,19,20). The molecule has 118 valence electrons. The summed E-state index contributed by atoms with van der Waals surface area (Å²) >= 11 is 0. The van der Waals surface area contributed by atoms with Crippen molar-refractivity contribution < 1.29 is 14.3 Å². The molecule has 2 aromatic rings. The summed E-state index contributed by atoms with van der Waals surface area (Å²) in [5.74, 6) is -0.329. The van der Waals surface area contributed by atoms with Crippen LogP contribution in [0.4, 0.5) is 10.5 Å². The zero-order valence-electron chi connectivity index (χ0n) is 13.1. The van der Waals surface area contributed by atoms with Gasteiger partial charge in [0, 0.05) is 5.69 Å². The van der Waals surface area contributed by atoms with Gasteiger partial charge < -0.3 is 20.4 Å². The number of nitrogens with zero attached hydrogens (tertiary/aromatic N) is 1. The van der Waals surface area contributed by atoms with Gasteiger partial charge in [0.1, 0.15) is 11.6 Å². The van der Waals surface area contributed by atoms with Crippen LogP contribution >= 0.6 is 0 Å². The number of imidazole rings is 1. The first-order valence-electron chi connectivity index (χ1n) is 6.98. The number of carbonyl (C=O) groups is 2. The summed E-state index contributed by atoms with van der Waals surface area (Å²) in [5, 5.41) is 5.23. The zero-order chi connectivity index (χ0) is 16.3. The van der Waals surface area contributed by atoms with Crippen LogP contribution in [-0.4, -0.2) is 33.6 Å². The van der Waals surface area contributed by atoms with Crippen molar-refractivity contribution in [1.82, 2.24) is 15.3 Å². The van der Waals surface area contributed by atoms with Gasteiger partial charge in [-0.2, -0.15) is 0 Å². The first-order chi connectivity index (χ1) is 10.2. The highest BCUT2D eigenvalue weighted by Crippen LogP contribution is 2.15. The van der Waals surface area contributed by atoms with Gasteiger partial charge in [0.2, 0.25) is 5.91 Å². The maximum atomic E-state index is 12.1. The minimum absolute atomic E-state index is 0.329. The van der Waals surface area contributed by atoms with Crippen LogP contribution in [-0.2, 0) is 9.53 Å². The van der Waals surface area contributed by atoms with Crippen molar-refractivity contribution in [3.8, 4) is 0 Å². The van der Waals surface area contributed by atoms with Crippen LogP contribution in [0.1, 0.15) is 27.7 Å². The van der Waals surface area contributed by atoms with E-state index in [1.807, 2.05) is 0 Å². The Morgan fingerprint density at radius 1 is 1.32 bits per heavy atom. The average molecular weight is 304 g/mol. The number of alkyl carbamates (subject to hydrolysis) is 1. The second-order valence-electron chi connectivity index (χ2n) is 5.99. The molecule has 1 unspecified atom stereocenters. The largest absolute Gasteiger partial charge is 0.444 e. The van der Waals surface area contributed by atoms with Crippen molar-refractivity contribution in [2.24, 2.45) is 0 Å². The molecule has 0 bridgehead atoms. The first-order valence-corrected chi connectivity index (χ1v) is 6.98. The van der Waals surface area contributed by atoms with Gasteiger partial charge in [-0.05, 0) is 45.9 Å². The molecule has 0 radical (unpaired) electrons. The van der Waals surface area contributed by atoms with Crippen LogP contribution in [0.3, 0.4) is 0 Å². The average Bonchev–Trinajstić information content (AvgIpc) is 2.83. The number of hydrogen-bond donors (Lipinski definition) is 3. The molecule has 0 saturated carbocycles. The number of hydrogen-bond acceptors (Lipinski definition) is 4. The predicted molar refractivity (Wildman–Crippen MR) is 83.6 cm³/mol. The Morgan fingerprint density at radius 3 is 2.73 bits per heavy atom. The lowest BCUT2D eigenvalue weighted by Crippen LogP contribution is -2.43. The lowest BCUT2D eigenvalue weighted by molar-refractivity contribution is -0.117. The molecule has 7 heteroatoms. The Bertz CT molecular complexity index is 687. The van der Waals surface area contributed by atoms with Crippen molar-refractivity contribution in [3.05, 3.63) is 24.5 Å². The van der Waals surface area contributed by atoms with Crippen LogP contribution in [0.25, 0.3) is 11.0 Å². The van der Waals surface area contributed by atoms with E-state index in [2.05, 4.69) is 20.6 Å². The molecule has 0 aliphatic rings. The number of amides is 2. The van der Waals surface area contributed by atoms with Gasteiger partial charge in [-0.3, -0.25) is 4.79 Å². The monoisotopic (exact) mass is 304 g/mol. The van der Waals surface area contributed by atoms with E-state index >= 15 is 0 Å². The van der Waals surface area contributed by atoms with Crippen LogP contribution < -0.4 is 10.6 Å². The van der Waals surface area contributed by atoms with Gasteiger partial charge in [-0.1, -0.05) is 0 Å². The Balaban J connectivity index is 1.94. The number of rotatable bonds is 3. The number of ether oxygens (including phenoxy) is 1. The Morgan fingerprint density at radius 2 is 2.05 bits per heavy atom. The molecule has 0 saturated heterocycles. The number of H-pyrrole nitrogens is 1. The van der Waals surface area contributed by atoms with Crippen LogP contribution in [0.2, 0.25) is 0 Å². The topological polar surface area (TPSA) is 96.1 Å². The molecule has 1 heterocycles. The van der Waals surface area contributed by atoms with Crippen LogP contribution in [0.15, 0.2) is 24.5 Å². The predicted octanol–water partition coefficient (Wildman–Crippen LogP) is 2.41. The normalized spacial score (nSPS) is 12.7. The third-order valence-corrected chi connectivity index (χ3v) is 2.81. The van der Waals surface area contributed by atoms with Gasteiger partial charge in [-0.25, -0.2) is 9.78 Å². The molecule has 0 spiro atoms. The van der Waals surface area contributed by atoms with Gasteiger partial charge in [-0.15, -0.1) is 0 Å². The van der Waals surface area contributed by atoms with E-state index in [1.54, 1.807) is 52.2 Å². The van der Waals surface area contributed by atoms with Crippen molar-refractivity contribution in [1.29, 1.82) is 0 Å². The molecule has 0 aliphatic heterocycles. The number of benzene rings is 1. The molecule has 2 amide bonds. The molecule has 3 N–H and O–H groups in total. The molecule has 1 atom stereocenters. The van der Waals surface area contributed by atoms with E-state index < -0.39 is 17.7 Å². The highest BCUT2D eigenvalue weighted by Gasteiger charge is 2.21. The summed E-state index contributed by atoms with van der Waals surface area (Å²) in [6.07, 6.45) is 0.960. The molecular weight excluding hydrogens is 284 g/mol. The van der Waals surface area contributed by atoms with Crippen molar-refractivity contribution in [2.45, 2.75) is 39.3 Å². The lowest BCUT2D eigenvalue weighted by Gasteiger charge is -2.21. The maximum absolute atomic E-state index is 12.1. The summed E-state index contributed by atoms with van der Waals surface area (Å²) in [4.78, 5) is 30.8. The van der Waals surface area contributed by atoms with Crippen LogP contribution in [0.5, 0.6) is 0 Å². The summed E-state index contributed by atoms with van der Waals surface area (Å²) < 4.78 is 5.11. The second-order valence-corrected chi connectivity index (χ2v) is 5.99. The minimum atomic E-state index is -0.715. The number of anilines is 1. The third-order valence-electron chi connectivity index (χ3n) is 2.81. The fourth-order valence-electron chi connectivity index (χ4n) is 1.81. The molecule has 7 nitrogen and oxygen atoms in total. The van der Waals surface area contributed by atoms with E-state index in [4.69, 9.17) is 4.74 Å². The van der Waals surface area contributed by atoms with E-state index in [-0.39, 0.29) is 5.91 Å². The number of carbonyl (C=O) groups excluding carboxylic acids is 2. The molecule has 2 rings (SSSR count). The van der Waals surface area contributed by atoms with Gasteiger partial charge in [0.25, 0.3) is 0 Å².